The number of methoxy groups -OCH3 is 1. The van der Waals surface area contributed by atoms with E-state index in [1.165, 1.54) is 17.6 Å². The summed E-state index contributed by atoms with van der Waals surface area (Å²) in [7, 11) is 1.62. The SMILES string of the molecule is CCc1c2c(nc3cc(F)c(NC(=O)CNC(=O)[C@H](C)NC(=O)[C@@H](NC(=O)[C@H](CCC(=O)O)NC(=O)CCCNC(=O)[C@H](CCCCNC(=O)COCCOCCOCCOCCOCCOCCOCCOCCOCCOC)NC(=O)CCCN4C(=O)C=CC4=O)C(C)C)cc13)-c1cc3c(c(=O)n1C2)COC(=O)[C@]3(O)CC. The molecule has 2 aromatic heterocycles. The number of benzene rings is 1. The second kappa shape index (κ2) is 50.1. The van der Waals surface area contributed by atoms with Gasteiger partial charge in [-0.3, -0.25) is 62.4 Å². The van der Waals surface area contributed by atoms with E-state index in [9.17, 15) is 72.5 Å². The van der Waals surface area contributed by atoms with Crippen molar-refractivity contribution < 1.29 is 124 Å². The number of hydrogen-bond acceptors (Lipinski definition) is 26. The number of carboxylic acid groups (broad SMARTS) is 1. The highest BCUT2D eigenvalue weighted by molar-refractivity contribution is 6.13. The van der Waals surface area contributed by atoms with Crippen LogP contribution >= 0.6 is 0 Å². The highest BCUT2D eigenvalue weighted by atomic mass is 19.1. The number of halogens is 1. The van der Waals surface area contributed by atoms with Crippen LogP contribution in [0.5, 0.6) is 0 Å². The first kappa shape index (κ1) is 93.5. The maximum atomic E-state index is 15.8. The number of aryl methyl sites for hydroxylation is 1. The predicted molar refractivity (Wildman–Crippen MR) is 404 cm³/mol. The van der Waals surface area contributed by atoms with Crippen LogP contribution in [-0.2, 0) is 135 Å². The van der Waals surface area contributed by atoms with Crippen molar-refractivity contribution in [3.63, 3.8) is 0 Å². The lowest BCUT2D eigenvalue weighted by molar-refractivity contribution is -0.172. The molecule has 6 rings (SSSR count). The molecule has 38 heteroatoms. The summed E-state index contributed by atoms with van der Waals surface area (Å²) in [6.07, 6.45) is 2.13. The number of cyclic esters (lactones) is 1. The van der Waals surface area contributed by atoms with Gasteiger partial charge in [-0.25, -0.2) is 14.2 Å². The summed E-state index contributed by atoms with van der Waals surface area (Å²) in [6.45, 7) is 14.1. The molecule has 5 heterocycles. The van der Waals surface area contributed by atoms with Gasteiger partial charge in [0.2, 0.25) is 47.3 Å². The minimum Gasteiger partial charge on any atom is -0.481 e. The molecule has 10 amide bonds. The van der Waals surface area contributed by atoms with Gasteiger partial charge in [-0.2, -0.15) is 0 Å². The normalized spacial score (nSPS) is 15.2. The lowest BCUT2D eigenvalue weighted by atomic mass is 9.86. The van der Waals surface area contributed by atoms with Crippen molar-refractivity contribution in [1.29, 1.82) is 0 Å². The van der Waals surface area contributed by atoms with Crippen molar-refractivity contribution in [3.8, 4) is 11.4 Å². The number of hydrogen-bond donors (Lipinski definition) is 10. The molecule has 0 unspecified atom stereocenters. The predicted octanol–water partition coefficient (Wildman–Crippen LogP) is -0.000400. The third-order valence-electron chi connectivity index (χ3n) is 18.3. The van der Waals surface area contributed by atoms with Crippen molar-refractivity contribution in [2.75, 3.05) is 164 Å². The van der Waals surface area contributed by atoms with Crippen LogP contribution in [0.3, 0.4) is 0 Å². The fourth-order valence-electron chi connectivity index (χ4n) is 12.1. The average molecular weight is 1610 g/mol. The number of aliphatic hydroxyl groups is 1. The number of carbonyl (C=O) groups excluding carboxylic acids is 11. The van der Waals surface area contributed by atoms with Gasteiger partial charge in [-0.15, -0.1) is 0 Å². The molecule has 0 aliphatic carbocycles. The number of nitrogens with zero attached hydrogens (tertiary/aromatic N) is 3. The molecule has 37 nitrogen and oxygen atoms in total. The topological polar surface area (TPSA) is 481 Å². The molecular formula is C76H110FN11O26. The Kier molecular flexibility index (Phi) is 41.1. The quantitative estimate of drug-likeness (QED) is 0.0158. The van der Waals surface area contributed by atoms with E-state index in [4.69, 9.17) is 57.1 Å². The minimum absolute atomic E-state index is 0.000765. The number of fused-ring (bicyclic) bond motifs is 5. The maximum Gasteiger partial charge on any atom is 0.343 e. The number of rotatable bonds is 59. The molecule has 3 aliphatic rings. The molecule has 3 aromatic rings. The molecule has 0 bridgehead atoms. The maximum absolute atomic E-state index is 15.8. The summed E-state index contributed by atoms with van der Waals surface area (Å²) < 4.78 is 76.5. The summed E-state index contributed by atoms with van der Waals surface area (Å²) >= 11 is 0. The molecule has 0 fully saturated rings. The van der Waals surface area contributed by atoms with E-state index in [1.807, 2.05) is 6.92 Å². The zero-order chi connectivity index (χ0) is 83.0. The summed E-state index contributed by atoms with van der Waals surface area (Å²) in [5.41, 5.74) is -0.323. The van der Waals surface area contributed by atoms with Crippen LogP contribution in [0.2, 0.25) is 0 Å². The van der Waals surface area contributed by atoms with Crippen LogP contribution in [0.4, 0.5) is 10.1 Å². The Labute approximate surface area is 659 Å². The number of imide groups is 1. The zero-order valence-electron chi connectivity index (χ0n) is 65.6. The van der Waals surface area contributed by atoms with E-state index in [-0.39, 0.29) is 113 Å². The summed E-state index contributed by atoms with van der Waals surface area (Å²) in [5, 5.41) is 41.7. The van der Waals surface area contributed by atoms with Gasteiger partial charge < -0.3 is 109 Å². The number of amides is 10. The highest BCUT2D eigenvalue weighted by Crippen LogP contribution is 2.41. The Hall–Kier alpha value is -9.35. The van der Waals surface area contributed by atoms with Gasteiger partial charge in [-0.1, -0.05) is 27.7 Å². The fourth-order valence-corrected chi connectivity index (χ4v) is 12.1. The Morgan fingerprint density at radius 3 is 1.68 bits per heavy atom. The first-order chi connectivity index (χ1) is 54.8. The number of esters is 1. The summed E-state index contributed by atoms with van der Waals surface area (Å²) in [4.78, 5) is 175. The number of anilines is 1. The van der Waals surface area contributed by atoms with Crippen molar-refractivity contribution in [1.82, 2.24) is 51.7 Å². The Morgan fingerprint density at radius 2 is 1.13 bits per heavy atom. The Bertz CT molecular complexity index is 3820. The van der Waals surface area contributed by atoms with E-state index < -0.39 is 137 Å². The first-order valence-corrected chi connectivity index (χ1v) is 38.4. The molecule has 5 atom stereocenters. The monoisotopic (exact) mass is 1610 g/mol. The molecule has 3 aliphatic heterocycles. The standard InChI is InChI=1S/C76H110FN11O26/c1-7-50-51-41-59(55(77)43-58(51)85-69-52(50)45-88-60(69)42-54-53(74(88)101)46-114-75(102)76(54,103)8-2)84-63(91)44-80-70(97)49(5)81-73(100)68(48(3)4)86-72(99)57(16-19-67(95)96)83-61(89)14-11-21-79-71(98)56(82-62(90)15-12-22-87-65(93)17-18-66(87)94)13-9-10-20-78-64(92)47-113-40-39-112-38-37-111-36-35-110-34-33-109-32-31-108-30-29-107-28-27-106-26-25-105-24-23-104-6/h17-18,41-43,48-49,56-57,68,103H,7-16,19-40,44-47H2,1-6H3,(H,78,92)(H,79,98)(H,80,97)(H,81,100)(H,82,90)(H,83,89)(H,84,91)(H,86,99)(H,95,96)/t49-,56-,57-,68-,76-/m0/s1. The molecule has 10 N–H and O–H groups in total. The number of carboxylic acids is 1. The molecule has 114 heavy (non-hydrogen) atoms. The van der Waals surface area contributed by atoms with Crippen LogP contribution in [0.1, 0.15) is 121 Å². The largest absolute Gasteiger partial charge is 0.481 e. The molecule has 0 saturated carbocycles. The third-order valence-corrected chi connectivity index (χ3v) is 18.3. The number of unbranched alkanes of at least 4 members (excludes halogenated alkanes) is 1. The lowest BCUT2D eigenvalue weighted by Gasteiger charge is -2.31. The fraction of sp³-hybridized carbons (Fsp3) is 0.632. The van der Waals surface area contributed by atoms with E-state index >= 15 is 4.39 Å². The molecule has 632 valence electrons. The number of carbonyl (C=O) groups is 12. The molecule has 0 radical (unpaired) electrons. The van der Waals surface area contributed by atoms with Crippen molar-refractivity contribution in [3.05, 3.63) is 68.8 Å². The van der Waals surface area contributed by atoms with Crippen molar-refractivity contribution in [2.45, 2.75) is 148 Å². The number of nitrogens with one attached hydrogen (secondary N) is 8. The number of ether oxygens (including phenoxy) is 11. The van der Waals surface area contributed by atoms with Crippen molar-refractivity contribution >= 4 is 87.6 Å². The third kappa shape index (κ3) is 30.4. The first-order valence-electron chi connectivity index (χ1n) is 38.4. The van der Waals surface area contributed by atoms with Gasteiger partial charge >= 0.3 is 11.9 Å². The van der Waals surface area contributed by atoms with Crippen LogP contribution < -0.4 is 48.1 Å². The van der Waals surface area contributed by atoms with Crippen LogP contribution in [0.25, 0.3) is 22.3 Å². The van der Waals surface area contributed by atoms with E-state index in [2.05, 4.69) is 42.5 Å². The van der Waals surface area contributed by atoms with Gasteiger partial charge in [-0.05, 0) is 81.9 Å². The van der Waals surface area contributed by atoms with E-state index in [0.29, 0.717) is 153 Å². The molecule has 0 saturated heterocycles. The lowest BCUT2D eigenvalue weighted by Crippen LogP contribution is -2.58. The molecule has 0 spiro atoms. The van der Waals surface area contributed by atoms with Crippen molar-refractivity contribution in [2.24, 2.45) is 5.92 Å². The van der Waals surface area contributed by atoms with Crippen LogP contribution in [0.15, 0.2) is 35.1 Å². The average Bonchev–Trinajstić information content (AvgIpc) is 1.52. The molecule has 1 aromatic carbocycles. The van der Waals surface area contributed by atoms with Gasteiger partial charge in [0.05, 0.1) is 160 Å². The van der Waals surface area contributed by atoms with Crippen LogP contribution in [0, 0.1) is 11.7 Å². The Morgan fingerprint density at radius 1 is 0.588 bits per heavy atom. The molecular weight excluding hydrogens is 1500 g/mol. The number of aromatic nitrogens is 2. The smallest absolute Gasteiger partial charge is 0.343 e. The minimum atomic E-state index is -2.05. The van der Waals surface area contributed by atoms with Gasteiger partial charge in [0.15, 0.2) is 5.60 Å². The number of aliphatic carboxylic acids is 1. The summed E-state index contributed by atoms with van der Waals surface area (Å²) in [5.74, 6) is -10.5. The summed E-state index contributed by atoms with van der Waals surface area (Å²) in [6, 6.07) is -1.18. The van der Waals surface area contributed by atoms with Gasteiger partial charge in [0, 0.05) is 80.7 Å². The highest BCUT2D eigenvalue weighted by Gasteiger charge is 2.46. The van der Waals surface area contributed by atoms with E-state index in [0.717, 1.165) is 23.1 Å². The van der Waals surface area contributed by atoms with Gasteiger partial charge in [0.25, 0.3) is 17.4 Å². The van der Waals surface area contributed by atoms with E-state index in [1.54, 1.807) is 33.9 Å². The Balaban J connectivity index is 0.863. The second-order valence-corrected chi connectivity index (χ2v) is 27.1. The van der Waals surface area contributed by atoms with Gasteiger partial charge in [0.1, 0.15) is 43.2 Å². The van der Waals surface area contributed by atoms with Crippen LogP contribution in [-0.4, -0.2) is 279 Å². The second-order valence-electron chi connectivity index (χ2n) is 27.1. The number of pyridine rings is 2. The zero-order valence-corrected chi connectivity index (χ0v) is 65.6.